The van der Waals surface area contributed by atoms with Crippen molar-refractivity contribution in [3.63, 3.8) is 0 Å². The van der Waals surface area contributed by atoms with Crippen molar-refractivity contribution in [2.45, 2.75) is 57.0 Å². The van der Waals surface area contributed by atoms with Crippen LogP contribution in [0, 0.1) is 0 Å². The number of hydrogen-bond donors (Lipinski definition) is 5. The lowest BCUT2D eigenvalue weighted by Crippen LogP contribution is -2.45. The third kappa shape index (κ3) is 5.77. The molecule has 2 rings (SSSR count). The number of aromatic amines is 1. The van der Waals surface area contributed by atoms with E-state index < -0.39 is 67.8 Å². The van der Waals surface area contributed by atoms with Crippen molar-refractivity contribution in [1.29, 1.82) is 0 Å². The van der Waals surface area contributed by atoms with E-state index in [1.807, 2.05) is 4.98 Å². The van der Waals surface area contributed by atoms with E-state index in [-0.39, 0.29) is 0 Å². The normalized spacial score (nSPS) is 28.8. The van der Waals surface area contributed by atoms with E-state index in [2.05, 4.69) is 11.7 Å². The quantitative estimate of drug-likeness (QED) is 0.167. The molecule has 0 saturated carbocycles. The molecule has 0 radical (unpaired) electrons. The summed E-state index contributed by atoms with van der Waals surface area (Å²) in [5.74, 6) is -0.781. The molecule has 1 aliphatic rings. The predicted octanol–water partition coefficient (Wildman–Crippen LogP) is -1.24. The molecule has 0 spiro atoms. The molecule has 0 amide bonds. The van der Waals surface area contributed by atoms with Crippen LogP contribution in [0.3, 0.4) is 0 Å². The Bertz CT molecular complexity index is 975. The summed E-state index contributed by atoms with van der Waals surface area (Å²) in [4.78, 5) is 47.1. The fraction of sp³-hybridized carbons (Fsp3) is 0.588. The number of rotatable bonds is 9. The van der Waals surface area contributed by atoms with E-state index >= 15 is 0 Å². The second-order valence-corrected chi connectivity index (χ2v) is 8.81. The Kier molecular flexibility index (Phi) is 7.76. The van der Waals surface area contributed by atoms with Gasteiger partial charge < -0.3 is 24.6 Å². The Labute approximate surface area is 176 Å². The molecule has 6 atom stereocenters. The smallest absolute Gasteiger partial charge is 0.403 e. The number of nitrogens with zero attached hydrogens (tertiary/aromatic N) is 1. The van der Waals surface area contributed by atoms with E-state index in [0.717, 1.165) is 22.9 Å². The van der Waals surface area contributed by atoms with Gasteiger partial charge in [-0.1, -0.05) is 6.08 Å². The van der Waals surface area contributed by atoms with Gasteiger partial charge in [0.05, 0.1) is 12.7 Å². The van der Waals surface area contributed by atoms with Gasteiger partial charge in [0.2, 0.25) is 0 Å². The molecule has 1 unspecified atom stereocenters. The number of H-pyrrole nitrogens is 1. The summed E-state index contributed by atoms with van der Waals surface area (Å²) in [6.07, 6.45) is -3.16. The van der Waals surface area contributed by atoms with Crippen LogP contribution in [-0.2, 0) is 23.4 Å². The highest BCUT2D eigenvalue weighted by molar-refractivity contribution is 7.50. The summed E-state index contributed by atoms with van der Waals surface area (Å²) in [5.41, 5.74) is -3.47. The molecule has 1 fully saturated rings. The minimum Gasteiger partial charge on any atom is -0.462 e. The second kappa shape index (κ2) is 9.57. The molecular weight excluding hydrogens is 437 g/mol. The fourth-order valence-electron chi connectivity index (χ4n) is 2.86. The Balaban J connectivity index is 2.15. The van der Waals surface area contributed by atoms with Crippen LogP contribution in [0.15, 0.2) is 34.5 Å². The minimum absolute atomic E-state index is 0.434. The molecule has 14 heteroatoms. The number of aliphatic hydroxyl groups is 2. The topological polar surface area (TPSA) is 189 Å². The van der Waals surface area contributed by atoms with Crippen LogP contribution in [0.25, 0.3) is 0 Å². The number of hydrogen-bond acceptors (Lipinski definition) is 9. The molecule has 1 aliphatic heterocycles. The first-order valence-corrected chi connectivity index (χ1v) is 10.8. The molecule has 1 saturated heterocycles. The van der Waals surface area contributed by atoms with Crippen molar-refractivity contribution in [2.75, 3.05) is 6.61 Å². The summed E-state index contributed by atoms with van der Waals surface area (Å²) in [7, 11) is -4.60. The average molecular weight is 463 g/mol. The summed E-state index contributed by atoms with van der Waals surface area (Å²) < 4.78 is 28.7. The van der Waals surface area contributed by atoms with Crippen LogP contribution in [0.2, 0.25) is 0 Å². The number of esters is 1. The standard InChI is InChI=1S/C17H26N3O10P/c1-5-17(8-28-31(26,27)19-10(4)15(24)29-9(2)3)13(23)12(22)14(30-17)20-7-6-11(21)18-16(20)25/h5-7,9-10,12-14,22-23H,1,8H2,2-4H3,(H,18,21,25)(H2,19,26,27)/t10-,12+,13-,14+,17+/m0/s1. The SMILES string of the molecule is C=C[C@]1(COP(=O)(O)N[C@@H](C)C(=O)OC(C)C)O[C@@H](n2ccc(=O)[nH]c2=O)[C@H](O)[C@@H]1O. The van der Waals surface area contributed by atoms with Crippen molar-refractivity contribution < 1.29 is 38.5 Å². The summed E-state index contributed by atoms with van der Waals surface area (Å²) >= 11 is 0. The lowest BCUT2D eigenvalue weighted by Gasteiger charge is -2.29. The predicted molar refractivity (Wildman–Crippen MR) is 106 cm³/mol. The maximum atomic E-state index is 12.3. The summed E-state index contributed by atoms with van der Waals surface area (Å²) in [6, 6.07) is -0.178. The minimum atomic E-state index is -4.60. The first-order chi connectivity index (χ1) is 14.3. The third-order valence-corrected chi connectivity index (χ3v) is 5.65. The van der Waals surface area contributed by atoms with Gasteiger partial charge in [-0.05, 0) is 20.8 Å². The maximum Gasteiger partial charge on any atom is 0.403 e. The van der Waals surface area contributed by atoms with Crippen molar-refractivity contribution in [2.24, 2.45) is 0 Å². The van der Waals surface area contributed by atoms with Gasteiger partial charge in [0.15, 0.2) is 6.23 Å². The van der Waals surface area contributed by atoms with Gasteiger partial charge in [-0.2, -0.15) is 0 Å². The van der Waals surface area contributed by atoms with Crippen molar-refractivity contribution in [3.05, 3.63) is 45.8 Å². The molecule has 1 aromatic rings. The van der Waals surface area contributed by atoms with E-state index in [1.165, 1.54) is 6.92 Å². The molecular formula is C17H26N3O10P. The number of aliphatic hydroxyl groups excluding tert-OH is 2. The largest absolute Gasteiger partial charge is 0.462 e. The van der Waals surface area contributed by atoms with Crippen LogP contribution in [0.4, 0.5) is 0 Å². The number of aromatic nitrogens is 2. The van der Waals surface area contributed by atoms with Crippen LogP contribution >= 0.6 is 7.75 Å². The van der Waals surface area contributed by atoms with Gasteiger partial charge in [-0.3, -0.25) is 23.7 Å². The number of nitrogens with one attached hydrogen (secondary N) is 2. The van der Waals surface area contributed by atoms with Crippen molar-refractivity contribution in [1.82, 2.24) is 14.6 Å². The van der Waals surface area contributed by atoms with Gasteiger partial charge in [0.1, 0.15) is 23.9 Å². The zero-order chi connectivity index (χ0) is 23.6. The first kappa shape index (κ1) is 25.1. The highest BCUT2D eigenvalue weighted by atomic mass is 31.2. The first-order valence-electron chi connectivity index (χ1n) is 9.26. The Morgan fingerprint density at radius 3 is 2.65 bits per heavy atom. The average Bonchev–Trinajstić information content (AvgIpc) is 2.91. The number of ether oxygens (including phenoxy) is 2. The fourth-order valence-corrected chi connectivity index (χ4v) is 3.91. The van der Waals surface area contributed by atoms with E-state index in [0.29, 0.717) is 0 Å². The zero-order valence-electron chi connectivity index (χ0n) is 17.1. The highest BCUT2D eigenvalue weighted by Crippen LogP contribution is 2.43. The molecule has 1 aromatic heterocycles. The monoisotopic (exact) mass is 463 g/mol. The van der Waals surface area contributed by atoms with Crippen LogP contribution in [0.5, 0.6) is 0 Å². The van der Waals surface area contributed by atoms with Gasteiger partial charge >= 0.3 is 19.4 Å². The highest BCUT2D eigenvalue weighted by Gasteiger charge is 2.54. The van der Waals surface area contributed by atoms with E-state index in [4.69, 9.17) is 14.0 Å². The third-order valence-electron chi connectivity index (χ3n) is 4.45. The molecule has 13 nitrogen and oxygen atoms in total. The Morgan fingerprint density at radius 2 is 2.10 bits per heavy atom. The molecule has 174 valence electrons. The van der Waals surface area contributed by atoms with Crippen molar-refractivity contribution in [3.8, 4) is 0 Å². The molecule has 0 aliphatic carbocycles. The molecule has 5 N–H and O–H groups in total. The maximum absolute atomic E-state index is 12.3. The molecule has 0 aromatic carbocycles. The molecule has 2 heterocycles. The van der Waals surface area contributed by atoms with Crippen molar-refractivity contribution >= 4 is 13.7 Å². The summed E-state index contributed by atoms with van der Waals surface area (Å²) in [5, 5.41) is 22.9. The van der Waals surface area contributed by atoms with Gasteiger partial charge in [0.25, 0.3) is 5.56 Å². The van der Waals surface area contributed by atoms with E-state index in [1.54, 1.807) is 13.8 Å². The zero-order valence-corrected chi connectivity index (χ0v) is 18.0. The number of carbonyl (C=O) groups excluding carboxylic acids is 1. The Morgan fingerprint density at radius 1 is 1.45 bits per heavy atom. The molecule has 31 heavy (non-hydrogen) atoms. The van der Waals surface area contributed by atoms with Crippen LogP contribution in [0.1, 0.15) is 27.0 Å². The van der Waals surface area contributed by atoms with Crippen LogP contribution in [-0.4, -0.2) is 67.2 Å². The number of carbonyl (C=O) groups is 1. The Hall–Kier alpha value is -2.12. The second-order valence-electron chi connectivity index (χ2n) is 7.25. The van der Waals surface area contributed by atoms with Gasteiger partial charge in [-0.25, -0.2) is 14.4 Å². The molecule has 0 bridgehead atoms. The summed E-state index contributed by atoms with van der Waals surface area (Å²) in [6.45, 7) is 7.25. The lowest BCUT2D eigenvalue weighted by atomic mass is 9.96. The van der Waals surface area contributed by atoms with E-state index in [9.17, 15) is 34.1 Å². The van der Waals surface area contributed by atoms with Crippen LogP contribution < -0.4 is 16.3 Å². The lowest BCUT2D eigenvalue weighted by molar-refractivity contribution is -0.149. The van der Waals surface area contributed by atoms with Gasteiger partial charge in [0, 0.05) is 12.3 Å². The van der Waals surface area contributed by atoms with Gasteiger partial charge in [-0.15, -0.1) is 6.58 Å².